The lowest BCUT2D eigenvalue weighted by atomic mass is 10.0. The Bertz CT molecular complexity index is 1140. The van der Waals surface area contributed by atoms with Gasteiger partial charge in [0.05, 0.1) is 5.75 Å². The number of carbonyl (C=O) groups is 1. The Morgan fingerprint density at radius 1 is 1.20 bits per heavy atom. The quantitative estimate of drug-likeness (QED) is 0.574. The van der Waals surface area contributed by atoms with Crippen LogP contribution in [0.2, 0.25) is 0 Å². The molecule has 0 saturated heterocycles. The number of aryl methyl sites for hydroxylation is 1. The van der Waals surface area contributed by atoms with E-state index in [-0.39, 0.29) is 11.3 Å². The van der Waals surface area contributed by atoms with Gasteiger partial charge in [-0.2, -0.15) is 0 Å². The summed E-state index contributed by atoms with van der Waals surface area (Å²) in [4.78, 5) is 17.2. The number of carbonyl (C=O) groups excluding carboxylic acids is 1. The second-order valence-electron chi connectivity index (χ2n) is 6.86. The number of halogens is 1. The normalized spacial score (nSPS) is 12.4. The van der Waals surface area contributed by atoms with Crippen LogP contribution in [0.15, 0.2) is 60.9 Å². The van der Waals surface area contributed by atoms with Gasteiger partial charge in [0, 0.05) is 30.7 Å². The molecule has 1 aromatic heterocycles. The molecule has 0 spiro atoms. The molecule has 0 radical (unpaired) electrons. The van der Waals surface area contributed by atoms with Crippen molar-refractivity contribution in [1.82, 2.24) is 14.9 Å². The van der Waals surface area contributed by atoms with E-state index in [0.717, 1.165) is 0 Å². The Hall–Kier alpha value is -3.20. The number of benzene rings is 2. The molecule has 0 bridgehead atoms. The topological polar surface area (TPSA) is 93.1 Å². The maximum absolute atomic E-state index is 13.8. The van der Waals surface area contributed by atoms with Crippen molar-refractivity contribution in [1.29, 1.82) is 0 Å². The summed E-state index contributed by atoms with van der Waals surface area (Å²) in [7, 11) is -1.69. The Kier molecular flexibility index (Phi) is 6.51. The molecule has 0 fully saturated rings. The van der Waals surface area contributed by atoms with Crippen molar-refractivity contribution in [2.24, 2.45) is 7.05 Å². The van der Waals surface area contributed by atoms with Crippen LogP contribution in [0, 0.1) is 5.82 Å². The number of anilines is 1. The molecule has 3 aromatic rings. The van der Waals surface area contributed by atoms with Gasteiger partial charge in [-0.05, 0) is 42.3 Å². The van der Waals surface area contributed by atoms with Crippen molar-refractivity contribution >= 4 is 21.6 Å². The fourth-order valence-electron chi connectivity index (χ4n) is 3.08. The molecule has 1 atom stereocenters. The van der Waals surface area contributed by atoms with E-state index in [2.05, 4.69) is 15.0 Å². The SMILES string of the molecule is CCCS(=O)(=O)Nc1cccc(C(=O)NC(c2cccc(F)c2)c2nccn2C)c1. The van der Waals surface area contributed by atoms with Crippen LogP contribution in [0.5, 0.6) is 0 Å². The fourth-order valence-corrected chi connectivity index (χ4v) is 4.20. The number of aromatic nitrogens is 2. The zero-order chi connectivity index (χ0) is 21.7. The molecule has 7 nitrogen and oxygen atoms in total. The number of rotatable bonds is 8. The summed E-state index contributed by atoms with van der Waals surface area (Å²) in [6, 6.07) is 11.5. The minimum absolute atomic E-state index is 0.00969. The predicted molar refractivity (Wildman–Crippen MR) is 113 cm³/mol. The van der Waals surface area contributed by atoms with Crippen LogP contribution in [0.3, 0.4) is 0 Å². The summed E-state index contributed by atoms with van der Waals surface area (Å²) in [6.07, 6.45) is 3.81. The number of sulfonamides is 1. The molecule has 1 heterocycles. The van der Waals surface area contributed by atoms with Gasteiger partial charge in [-0.15, -0.1) is 0 Å². The van der Waals surface area contributed by atoms with Gasteiger partial charge in [-0.1, -0.05) is 25.1 Å². The average Bonchev–Trinajstić information content (AvgIpc) is 3.11. The first-order valence-electron chi connectivity index (χ1n) is 9.43. The highest BCUT2D eigenvalue weighted by molar-refractivity contribution is 7.92. The van der Waals surface area contributed by atoms with Gasteiger partial charge in [0.25, 0.3) is 5.91 Å². The Morgan fingerprint density at radius 2 is 1.97 bits per heavy atom. The molecule has 158 valence electrons. The van der Waals surface area contributed by atoms with Crippen LogP contribution in [-0.4, -0.2) is 29.6 Å². The van der Waals surface area contributed by atoms with Gasteiger partial charge in [0.1, 0.15) is 17.7 Å². The van der Waals surface area contributed by atoms with Crippen molar-refractivity contribution in [2.45, 2.75) is 19.4 Å². The van der Waals surface area contributed by atoms with Gasteiger partial charge in [-0.3, -0.25) is 9.52 Å². The third kappa shape index (κ3) is 5.24. The van der Waals surface area contributed by atoms with E-state index in [4.69, 9.17) is 0 Å². The zero-order valence-electron chi connectivity index (χ0n) is 16.7. The van der Waals surface area contributed by atoms with Crippen LogP contribution in [0.25, 0.3) is 0 Å². The standard InChI is InChI=1S/C21H23FN4O3S/c1-3-12-30(28,29)25-18-9-5-7-16(14-18)21(27)24-19(20-23-10-11-26(20)2)15-6-4-8-17(22)13-15/h4-11,13-14,19,25H,3,12H2,1-2H3,(H,24,27). The van der Waals surface area contributed by atoms with E-state index in [0.29, 0.717) is 23.5 Å². The molecule has 30 heavy (non-hydrogen) atoms. The van der Waals surface area contributed by atoms with E-state index in [1.54, 1.807) is 61.3 Å². The average molecular weight is 431 g/mol. The number of imidazole rings is 1. The van der Waals surface area contributed by atoms with E-state index >= 15 is 0 Å². The smallest absolute Gasteiger partial charge is 0.252 e. The van der Waals surface area contributed by atoms with Gasteiger partial charge < -0.3 is 9.88 Å². The molecule has 0 saturated carbocycles. The monoisotopic (exact) mass is 430 g/mol. The molecule has 2 N–H and O–H groups in total. The molecule has 0 aliphatic carbocycles. The minimum atomic E-state index is -3.48. The highest BCUT2D eigenvalue weighted by atomic mass is 32.2. The van der Waals surface area contributed by atoms with E-state index in [9.17, 15) is 17.6 Å². The molecule has 1 unspecified atom stereocenters. The van der Waals surface area contributed by atoms with E-state index in [1.165, 1.54) is 18.2 Å². The first-order valence-corrected chi connectivity index (χ1v) is 11.1. The molecular formula is C21H23FN4O3S. The van der Waals surface area contributed by atoms with Gasteiger partial charge in [0.2, 0.25) is 10.0 Å². The molecule has 0 aliphatic rings. The number of hydrogen-bond acceptors (Lipinski definition) is 4. The summed E-state index contributed by atoms with van der Waals surface area (Å²) in [5, 5.41) is 2.87. The molecule has 0 aliphatic heterocycles. The van der Waals surface area contributed by atoms with Crippen LogP contribution in [0.1, 0.15) is 41.1 Å². The molecule has 2 aromatic carbocycles. The third-order valence-electron chi connectivity index (χ3n) is 4.45. The number of amides is 1. The van der Waals surface area contributed by atoms with E-state index in [1.807, 2.05) is 0 Å². The molecule has 9 heteroatoms. The maximum Gasteiger partial charge on any atom is 0.252 e. The second-order valence-corrected chi connectivity index (χ2v) is 8.70. The zero-order valence-corrected chi connectivity index (χ0v) is 17.5. The lowest BCUT2D eigenvalue weighted by Gasteiger charge is -2.19. The Morgan fingerprint density at radius 3 is 2.63 bits per heavy atom. The lowest BCUT2D eigenvalue weighted by molar-refractivity contribution is 0.0941. The molecule has 3 rings (SSSR count). The predicted octanol–water partition coefficient (Wildman–Crippen LogP) is 3.23. The molecule has 1 amide bonds. The maximum atomic E-state index is 13.8. The van der Waals surface area contributed by atoms with Crippen molar-refractivity contribution < 1.29 is 17.6 Å². The van der Waals surface area contributed by atoms with Gasteiger partial charge in [-0.25, -0.2) is 17.8 Å². The minimum Gasteiger partial charge on any atom is -0.338 e. The summed E-state index contributed by atoms with van der Waals surface area (Å²) < 4.78 is 42.0. The first kappa shape index (κ1) is 21.5. The van der Waals surface area contributed by atoms with Crippen molar-refractivity contribution in [3.8, 4) is 0 Å². The summed E-state index contributed by atoms with van der Waals surface area (Å²) in [6.45, 7) is 1.77. The highest BCUT2D eigenvalue weighted by Crippen LogP contribution is 2.22. The number of hydrogen-bond donors (Lipinski definition) is 2. The summed E-state index contributed by atoms with van der Waals surface area (Å²) in [5.41, 5.74) is 1.11. The van der Waals surface area contributed by atoms with E-state index < -0.39 is 27.8 Å². The van der Waals surface area contributed by atoms with Crippen molar-refractivity contribution in [3.05, 3.63) is 83.7 Å². The molecular weight excluding hydrogens is 407 g/mol. The largest absolute Gasteiger partial charge is 0.338 e. The number of nitrogens with zero attached hydrogens (tertiary/aromatic N) is 2. The fraction of sp³-hybridized carbons (Fsp3) is 0.238. The van der Waals surface area contributed by atoms with Gasteiger partial charge >= 0.3 is 0 Å². The summed E-state index contributed by atoms with van der Waals surface area (Å²) >= 11 is 0. The highest BCUT2D eigenvalue weighted by Gasteiger charge is 2.22. The first-order chi connectivity index (χ1) is 14.3. The second kappa shape index (κ2) is 9.08. The third-order valence-corrected chi connectivity index (χ3v) is 5.94. The van der Waals surface area contributed by atoms with Crippen LogP contribution in [-0.2, 0) is 17.1 Å². The van der Waals surface area contributed by atoms with Crippen molar-refractivity contribution in [2.75, 3.05) is 10.5 Å². The van der Waals surface area contributed by atoms with Crippen LogP contribution < -0.4 is 10.0 Å². The Balaban J connectivity index is 1.88. The number of nitrogens with one attached hydrogen (secondary N) is 2. The Labute approximate surface area is 175 Å². The van der Waals surface area contributed by atoms with Gasteiger partial charge in [0.15, 0.2) is 0 Å². The van der Waals surface area contributed by atoms with Crippen molar-refractivity contribution in [3.63, 3.8) is 0 Å². The summed E-state index contributed by atoms with van der Waals surface area (Å²) in [5.74, 6) is -0.338. The van der Waals surface area contributed by atoms with Crippen LogP contribution in [0.4, 0.5) is 10.1 Å². The lowest BCUT2D eigenvalue weighted by Crippen LogP contribution is -2.31. The van der Waals surface area contributed by atoms with Crippen LogP contribution >= 0.6 is 0 Å².